The van der Waals surface area contributed by atoms with Crippen LogP contribution < -0.4 is 4.74 Å². The van der Waals surface area contributed by atoms with Crippen LogP contribution in [0.4, 0.5) is 0 Å². The molecular weight excluding hydrogens is 430 g/mol. The lowest BCUT2D eigenvalue weighted by molar-refractivity contribution is -0.154. The summed E-state index contributed by atoms with van der Waals surface area (Å²) in [5.41, 5.74) is 3.48. The fraction of sp³-hybridized carbons (Fsp3) is 0.536. The number of nitrogens with zero attached hydrogens (tertiary/aromatic N) is 1. The van der Waals surface area contributed by atoms with Gasteiger partial charge in [-0.15, -0.1) is 0 Å². The van der Waals surface area contributed by atoms with E-state index in [0.717, 1.165) is 75.4 Å². The number of likely N-dealkylation sites (tertiary alicyclic amines) is 1. The van der Waals surface area contributed by atoms with Gasteiger partial charge in [-0.1, -0.05) is 36.4 Å². The Hall–Kier alpha value is -2.41. The Morgan fingerprint density at radius 3 is 2.41 bits per heavy atom. The van der Waals surface area contributed by atoms with E-state index in [1.807, 2.05) is 24.3 Å². The molecular formula is C28H37NO5. The molecule has 2 saturated heterocycles. The first-order chi connectivity index (χ1) is 16.5. The Bertz CT molecular complexity index is 901. The second-order valence-corrected chi connectivity index (χ2v) is 9.52. The summed E-state index contributed by atoms with van der Waals surface area (Å²) in [5.74, 6) is 0.0174. The minimum absolute atomic E-state index is 0.0181. The van der Waals surface area contributed by atoms with Gasteiger partial charge in [-0.2, -0.15) is 0 Å². The van der Waals surface area contributed by atoms with Gasteiger partial charge in [-0.25, -0.2) is 0 Å². The predicted octanol–water partition coefficient (Wildman–Crippen LogP) is 4.83. The first-order valence-corrected chi connectivity index (χ1v) is 12.5. The number of rotatable bonds is 10. The topological polar surface area (TPSA) is 68.2 Å². The molecule has 0 radical (unpaired) electrons. The van der Waals surface area contributed by atoms with Crippen molar-refractivity contribution >= 4 is 5.97 Å². The van der Waals surface area contributed by atoms with E-state index in [1.54, 1.807) is 0 Å². The largest absolute Gasteiger partial charge is 0.489 e. The summed E-state index contributed by atoms with van der Waals surface area (Å²) in [7, 11) is 0. The third-order valence-electron chi connectivity index (χ3n) is 7.00. The zero-order valence-electron chi connectivity index (χ0n) is 20.2. The Kier molecular flexibility index (Phi) is 8.59. The quantitative estimate of drug-likeness (QED) is 0.540. The maximum absolute atomic E-state index is 10.7. The molecule has 1 atom stereocenters. The number of carbonyl (C=O) groups is 1. The van der Waals surface area contributed by atoms with Crippen molar-refractivity contribution in [1.82, 2.24) is 4.90 Å². The molecule has 0 aromatic heterocycles. The lowest BCUT2D eigenvalue weighted by Gasteiger charge is -2.46. The predicted molar refractivity (Wildman–Crippen MR) is 131 cm³/mol. The van der Waals surface area contributed by atoms with Gasteiger partial charge in [0.05, 0.1) is 11.7 Å². The van der Waals surface area contributed by atoms with Crippen LogP contribution in [0.1, 0.15) is 55.7 Å². The van der Waals surface area contributed by atoms with Gasteiger partial charge in [0.15, 0.2) is 0 Å². The Morgan fingerprint density at radius 1 is 1.06 bits per heavy atom. The molecule has 1 unspecified atom stereocenters. The number of ether oxygens (including phenoxy) is 3. The normalized spacial score (nSPS) is 20.3. The van der Waals surface area contributed by atoms with Gasteiger partial charge in [0.25, 0.3) is 0 Å². The summed E-state index contributed by atoms with van der Waals surface area (Å²) >= 11 is 0. The minimum Gasteiger partial charge on any atom is -0.489 e. The number of piperidine rings is 1. The molecule has 0 saturated carbocycles. The number of aliphatic carboxylic acids is 1. The average molecular weight is 468 g/mol. The molecule has 6 nitrogen and oxygen atoms in total. The zero-order chi connectivity index (χ0) is 23.8. The maximum atomic E-state index is 10.7. The molecule has 184 valence electrons. The van der Waals surface area contributed by atoms with Gasteiger partial charge in [0, 0.05) is 45.7 Å². The fourth-order valence-electron chi connectivity index (χ4n) is 5.00. The van der Waals surface area contributed by atoms with Gasteiger partial charge in [-0.05, 0) is 61.4 Å². The lowest BCUT2D eigenvalue weighted by Crippen LogP contribution is -2.50. The highest BCUT2D eigenvalue weighted by Crippen LogP contribution is 2.36. The van der Waals surface area contributed by atoms with E-state index >= 15 is 0 Å². The summed E-state index contributed by atoms with van der Waals surface area (Å²) < 4.78 is 18.0. The van der Waals surface area contributed by atoms with Crippen LogP contribution in [0.3, 0.4) is 0 Å². The van der Waals surface area contributed by atoms with Gasteiger partial charge < -0.3 is 19.3 Å². The zero-order valence-corrected chi connectivity index (χ0v) is 20.2. The molecule has 6 heteroatoms. The molecule has 2 fully saturated rings. The second kappa shape index (κ2) is 11.8. The van der Waals surface area contributed by atoms with Gasteiger partial charge in [-0.3, -0.25) is 9.69 Å². The second-order valence-electron chi connectivity index (χ2n) is 9.52. The Morgan fingerprint density at radius 2 is 1.74 bits per heavy atom. The third kappa shape index (κ3) is 7.05. The van der Waals surface area contributed by atoms with Crippen LogP contribution in [0.25, 0.3) is 0 Å². The third-order valence-corrected chi connectivity index (χ3v) is 7.00. The number of aryl methyl sites for hydroxylation is 1. The highest BCUT2D eigenvalue weighted by atomic mass is 16.5. The van der Waals surface area contributed by atoms with Crippen LogP contribution in [0.2, 0.25) is 0 Å². The van der Waals surface area contributed by atoms with E-state index < -0.39 is 5.97 Å². The minimum atomic E-state index is -0.776. The van der Waals surface area contributed by atoms with E-state index in [-0.39, 0.29) is 12.0 Å². The summed E-state index contributed by atoms with van der Waals surface area (Å²) in [6, 6.07) is 16.3. The molecule has 4 rings (SSSR count). The number of carboxylic acids is 1. The SMILES string of the molecule is CCOC1CCOC2(CCN(Cc3ccc(COc4ccc(CCC(=O)O)cc4)cc3)CC2)C1. The monoisotopic (exact) mass is 467 g/mol. The van der Waals surface area contributed by atoms with E-state index in [1.165, 1.54) is 5.56 Å². The molecule has 2 aromatic carbocycles. The van der Waals surface area contributed by atoms with Crippen molar-refractivity contribution in [2.75, 3.05) is 26.3 Å². The maximum Gasteiger partial charge on any atom is 0.303 e. The summed E-state index contributed by atoms with van der Waals surface area (Å²) in [5, 5.41) is 8.79. The van der Waals surface area contributed by atoms with E-state index in [4.69, 9.17) is 19.3 Å². The molecule has 2 heterocycles. The Balaban J connectivity index is 1.20. The molecule has 1 spiro atoms. The standard InChI is InChI=1S/C28H37NO5/c1-2-32-26-13-18-34-28(19-26)14-16-29(17-15-28)20-23-3-5-24(6-4-23)21-33-25-10-7-22(8-11-25)9-12-27(30)31/h3-8,10-11,26H,2,9,12-21H2,1H3,(H,30,31). The first-order valence-electron chi connectivity index (χ1n) is 12.5. The van der Waals surface area contributed by atoms with E-state index in [0.29, 0.717) is 19.1 Å². The molecule has 0 bridgehead atoms. The van der Waals surface area contributed by atoms with Gasteiger partial charge >= 0.3 is 5.97 Å². The molecule has 0 amide bonds. The molecule has 2 aromatic rings. The van der Waals surface area contributed by atoms with Crippen LogP contribution in [-0.2, 0) is 33.8 Å². The number of hydrogen-bond donors (Lipinski definition) is 1. The van der Waals surface area contributed by atoms with Crippen LogP contribution >= 0.6 is 0 Å². The average Bonchev–Trinajstić information content (AvgIpc) is 2.85. The van der Waals surface area contributed by atoms with Crippen molar-refractivity contribution in [3.8, 4) is 5.75 Å². The lowest BCUT2D eigenvalue weighted by atomic mass is 9.83. The van der Waals surface area contributed by atoms with Gasteiger partial charge in [0.1, 0.15) is 12.4 Å². The molecule has 0 aliphatic carbocycles. The molecule has 34 heavy (non-hydrogen) atoms. The number of hydrogen-bond acceptors (Lipinski definition) is 5. The molecule has 2 aliphatic rings. The summed E-state index contributed by atoms with van der Waals surface area (Å²) in [4.78, 5) is 13.2. The fourth-order valence-corrected chi connectivity index (χ4v) is 5.00. The van der Waals surface area contributed by atoms with Gasteiger partial charge in [0.2, 0.25) is 0 Å². The highest BCUT2D eigenvalue weighted by molar-refractivity contribution is 5.67. The first kappa shape index (κ1) is 24.7. The number of benzene rings is 2. The van der Waals surface area contributed by atoms with Crippen LogP contribution in [0.5, 0.6) is 5.75 Å². The summed E-state index contributed by atoms with van der Waals surface area (Å²) in [6.07, 6.45) is 5.26. The van der Waals surface area contributed by atoms with Crippen molar-refractivity contribution in [1.29, 1.82) is 0 Å². The van der Waals surface area contributed by atoms with Crippen molar-refractivity contribution in [3.63, 3.8) is 0 Å². The Labute approximate surface area is 202 Å². The van der Waals surface area contributed by atoms with Crippen LogP contribution in [-0.4, -0.2) is 54.0 Å². The van der Waals surface area contributed by atoms with Crippen molar-refractivity contribution in [2.45, 2.75) is 70.3 Å². The van der Waals surface area contributed by atoms with Crippen LogP contribution in [0.15, 0.2) is 48.5 Å². The van der Waals surface area contributed by atoms with Crippen molar-refractivity contribution < 1.29 is 24.1 Å². The highest BCUT2D eigenvalue weighted by Gasteiger charge is 2.40. The van der Waals surface area contributed by atoms with E-state index in [9.17, 15) is 4.79 Å². The smallest absolute Gasteiger partial charge is 0.303 e. The molecule has 1 N–H and O–H groups in total. The van der Waals surface area contributed by atoms with Crippen molar-refractivity contribution in [3.05, 3.63) is 65.2 Å². The summed E-state index contributed by atoms with van der Waals surface area (Å²) in [6.45, 7) is 7.28. The molecule has 2 aliphatic heterocycles. The van der Waals surface area contributed by atoms with Crippen LogP contribution in [0, 0.1) is 0 Å². The van der Waals surface area contributed by atoms with Crippen molar-refractivity contribution in [2.24, 2.45) is 0 Å². The van der Waals surface area contributed by atoms with E-state index in [2.05, 4.69) is 36.1 Å². The number of carboxylic acid groups (broad SMARTS) is 1.